The van der Waals surface area contributed by atoms with Crippen LogP contribution in [0.25, 0.3) is 16.3 Å². The molecule has 5 rings (SSSR count). The second-order valence-electron chi connectivity index (χ2n) is 7.83. The van der Waals surface area contributed by atoms with Crippen molar-refractivity contribution >= 4 is 45.2 Å². The van der Waals surface area contributed by atoms with Crippen molar-refractivity contribution in [3.8, 4) is 0 Å². The van der Waals surface area contributed by atoms with Gasteiger partial charge in [0.25, 0.3) is 11.8 Å². The van der Waals surface area contributed by atoms with Gasteiger partial charge in [0.05, 0.1) is 11.3 Å². The number of anilines is 1. The van der Waals surface area contributed by atoms with Gasteiger partial charge in [-0.3, -0.25) is 14.6 Å². The molecule has 2 aromatic carbocycles. The Bertz CT molecular complexity index is 1340. The van der Waals surface area contributed by atoms with Crippen LogP contribution in [-0.2, 0) is 16.0 Å². The smallest absolute Gasteiger partial charge is 0.282 e. The van der Waals surface area contributed by atoms with E-state index in [4.69, 9.17) is 0 Å². The maximum atomic E-state index is 13.9. The van der Waals surface area contributed by atoms with E-state index in [-0.39, 0.29) is 11.8 Å². The molecule has 0 radical (unpaired) electrons. The first-order valence-electron chi connectivity index (χ1n) is 11.0. The van der Waals surface area contributed by atoms with E-state index in [9.17, 15) is 9.59 Å². The number of thiophene rings is 1. The molecule has 3 heterocycles. The summed E-state index contributed by atoms with van der Waals surface area (Å²) in [5, 5.41) is 3.81. The van der Waals surface area contributed by atoms with E-state index >= 15 is 0 Å². The summed E-state index contributed by atoms with van der Waals surface area (Å²) in [6, 6.07) is 21.3. The van der Waals surface area contributed by atoms with Crippen LogP contribution in [0.5, 0.6) is 0 Å². The number of benzene rings is 2. The number of aromatic nitrogens is 1. The summed E-state index contributed by atoms with van der Waals surface area (Å²) in [7, 11) is 0. The van der Waals surface area contributed by atoms with Gasteiger partial charge in [-0.2, -0.15) is 0 Å². The average Bonchev–Trinajstić information content (AvgIpc) is 3.46. The molecular formula is C27H23N3O2S. The number of carbonyl (C=O) groups excluding carboxylic acids is 2. The standard InChI is InChI=1S/C27H23N3O2S/c1-2-29(17-14-19-12-15-28-16-13-19)25-24(23-11-6-18-33-23)26(31)30(27(25)32)22-10-5-8-20-7-3-4-9-21(20)22/h3-13,15-16,18H,2,14,17H2,1H3. The molecule has 4 aromatic rings. The van der Waals surface area contributed by atoms with E-state index < -0.39 is 0 Å². The van der Waals surface area contributed by atoms with Gasteiger partial charge >= 0.3 is 0 Å². The largest absolute Gasteiger partial charge is 0.366 e. The molecule has 1 aliphatic rings. The Balaban J connectivity index is 1.58. The van der Waals surface area contributed by atoms with E-state index in [0.29, 0.717) is 30.0 Å². The van der Waals surface area contributed by atoms with Gasteiger partial charge in [0.1, 0.15) is 5.70 Å². The molecule has 1 aliphatic heterocycles. The molecule has 0 aliphatic carbocycles. The van der Waals surface area contributed by atoms with E-state index in [1.54, 1.807) is 12.4 Å². The molecule has 0 N–H and O–H groups in total. The van der Waals surface area contributed by atoms with Gasteiger partial charge in [-0.15, -0.1) is 11.3 Å². The summed E-state index contributed by atoms with van der Waals surface area (Å²) in [6.07, 6.45) is 4.30. The number of hydrogen-bond acceptors (Lipinski definition) is 5. The molecule has 0 saturated carbocycles. The van der Waals surface area contributed by atoms with E-state index in [0.717, 1.165) is 27.6 Å². The van der Waals surface area contributed by atoms with Crippen molar-refractivity contribution in [1.82, 2.24) is 9.88 Å². The molecule has 2 amide bonds. The lowest BCUT2D eigenvalue weighted by Crippen LogP contribution is -2.36. The summed E-state index contributed by atoms with van der Waals surface area (Å²) in [6.45, 7) is 3.27. The van der Waals surface area contributed by atoms with Gasteiger partial charge in [-0.25, -0.2) is 4.90 Å². The molecule has 0 saturated heterocycles. The van der Waals surface area contributed by atoms with Crippen molar-refractivity contribution in [1.29, 1.82) is 0 Å². The minimum Gasteiger partial charge on any atom is -0.366 e. The molecule has 6 heteroatoms. The lowest BCUT2D eigenvalue weighted by Gasteiger charge is -2.25. The van der Waals surface area contributed by atoms with Crippen LogP contribution in [0.2, 0.25) is 0 Å². The van der Waals surface area contributed by atoms with Crippen LogP contribution < -0.4 is 4.90 Å². The number of imide groups is 1. The topological polar surface area (TPSA) is 53.5 Å². The Morgan fingerprint density at radius 2 is 1.70 bits per heavy atom. The zero-order chi connectivity index (χ0) is 22.8. The van der Waals surface area contributed by atoms with Gasteiger partial charge in [0, 0.05) is 35.7 Å². The van der Waals surface area contributed by atoms with E-state index in [1.807, 2.05) is 83.9 Å². The number of amides is 2. The second-order valence-corrected chi connectivity index (χ2v) is 8.78. The minimum absolute atomic E-state index is 0.267. The third-order valence-corrected chi connectivity index (χ3v) is 6.84. The predicted octanol–water partition coefficient (Wildman–Crippen LogP) is 5.15. The first-order chi connectivity index (χ1) is 16.2. The van der Waals surface area contributed by atoms with E-state index in [1.165, 1.54) is 16.2 Å². The van der Waals surface area contributed by atoms with Crippen molar-refractivity contribution in [2.75, 3.05) is 18.0 Å². The molecule has 2 aromatic heterocycles. The monoisotopic (exact) mass is 453 g/mol. The van der Waals surface area contributed by atoms with E-state index in [2.05, 4.69) is 4.98 Å². The van der Waals surface area contributed by atoms with Gasteiger partial charge in [0.15, 0.2) is 0 Å². The molecule has 5 nitrogen and oxygen atoms in total. The number of hydrogen-bond donors (Lipinski definition) is 0. The summed E-state index contributed by atoms with van der Waals surface area (Å²) in [5.41, 5.74) is 2.73. The number of likely N-dealkylation sites (N-methyl/N-ethyl adjacent to an activating group) is 1. The first-order valence-corrected chi connectivity index (χ1v) is 11.9. The van der Waals surface area contributed by atoms with Gasteiger partial charge in [-0.05, 0) is 53.9 Å². The van der Waals surface area contributed by atoms with Crippen LogP contribution >= 0.6 is 11.3 Å². The highest BCUT2D eigenvalue weighted by Gasteiger charge is 2.43. The molecule has 164 valence electrons. The summed E-state index contributed by atoms with van der Waals surface area (Å²) >= 11 is 1.48. The molecule has 0 spiro atoms. The predicted molar refractivity (Wildman–Crippen MR) is 133 cm³/mol. The van der Waals surface area contributed by atoms with Gasteiger partial charge in [-0.1, -0.05) is 42.5 Å². The SMILES string of the molecule is CCN(CCc1ccncc1)C1=C(c2cccs2)C(=O)N(c2cccc3ccccc23)C1=O. The fourth-order valence-electron chi connectivity index (χ4n) is 4.32. The molecule has 0 bridgehead atoms. The highest BCUT2D eigenvalue weighted by Crippen LogP contribution is 2.38. The highest BCUT2D eigenvalue weighted by molar-refractivity contribution is 7.11. The Hall–Kier alpha value is -3.77. The van der Waals surface area contributed by atoms with Gasteiger partial charge < -0.3 is 4.90 Å². The van der Waals surface area contributed by atoms with Crippen LogP contribution in [0.4, 0.5) is 5.69 Å². The lowest BCUT2D eigenvalue weighted by molar-refractivity contribution is -0.120. The van der Waals surface area contributed by atoms with Gasteiger partial charge in [0.2, 0.25) is 0 Å². The summed E-state index contributed by atoms with van der Waals surface area (Å²) in [4.78, 5) is 35.9. The molecule has 0 atom stereocenters. The number of fused-ring (bicyclic) bond motifs is 1. The van der Waals surface area contributed by atoms with Crippen molar-refractivity contribution in [2.24, 2.45) is 0 Å². The maximum absolute atomic E-state index is 13.9. The third-order valence-electron chi connectivity index (χ3n) is 5.95. The van der Waals surface area contributed by atoms with Crippen molar-refractivity contribution in [2.45, 2.75) is 13.3 Å². The minimum atomic E-state index is -0.267. The van der Waals surface area contributed by atoms with Crippen LogP contribution in [0.1, 0.15) is 17.4 Å². The van der Waals surface area contributed by atoms with Crippen LogP contribution in [0, 0.1) is 0 Å². The fourth-order valence-corrected chi connectivity index (χ4v) is 5.08. The lowest BCUT2D eigenvalue weighted by atomic mass is 10.1. The van der Waals surface area contributed by atoms with Crippen LogP contribution in [0.15, 0.2) is 90.2 Å². The number of pyridine rings is 1. The quantitative estimate of drug-likeness (QED) is 0.363. The maximum Gasteiger partial charge on any atom is 0.282 e. The third kappa shape index (κ3) is 3.83. The normalized spacial score (nSPS) is 13.9. The Morgan fingerprint density at radius 3 is 2.45 bits per heavy atom. The second kappa shape index (κ2) is 9.00. The fraction of sp³-hybridized carbons (Fsp3) is 0.148. The number of carbonyl (C=O) groups is 2. The molecule has 0 unspecified atom stereocenters. The van der Waals surface area contributed by atoms with Crippen molar-refractivity contribution in [3.63, 3.8) is 0 Å². The molecule has 0 fully saturated rings. The molecular weight excluding hydrogens is 430 g/mol. The zero-order valence-electron chi connectivity index (χ0n) is 18.3. The van der Waals surface area contributed by atoms with Crippen LogP contribution in [0.3, 0.4) is 0 Å². The Labute approximate surface area is 196 Å². The first kappa shape index (κ1) is 21.1. The Morgan fingerprint density at radius 1 is 0.909 bits per heavy atom. The number of nitrogens with zero attached hydrogens (tertiary/aromatic N) is 3. The zero-order valence-corrected chi connectivity index (χ0v) is 19.1. The molecule has 33 heavy (non-hydrogen) atoms. The highest BCUT2D eigenvalue weighted by atomic mass is 32.1. The summed E-state index contributed by atoms with van der Waals surface area (Å²) in [5.74, 6) is -0.535. The van der Waals surface area contributed by atoms with Crippen molar-refractivity contribution in [3.05, 3.63) is 101 Å². The van der Waals surface area contributed by atoms with Crippen LogP contribution in [-0.4, -0.2) is 34.8 Å². The summed E-state index contributed by atoms with van der Waals surface area (Å²) < 4.78 is 0. The number of rotatable bonds is 7. The average molecular weight is 454 g/mol. The van der Waals surface area contributed by atoms with Crippen molar-refractivity contribution < 1.29 is 9.59 Å². The Kier molecular flexibility index (Phi) is 5.75.